The molecule has 3 nitrogen and oxygen atoms in total. The fourth-order valence-electron chi connectivity index (χ4n) is 0. The summed E-state index contributed by atoms with van der Waals surface area (Å²) in [5.74, 6) is 8.00. The van der Waals surface area contributed by atoms with Crippen molar-refractivity contribution >= 4 is 8.41 Å². The molecule has 0 bridgehead atoms. The van der Waals surface area contributed by atoms with Crippen molar-refractivity contribution in [1.29, 1.82) is 0 Å². The molecule has 0 fully saturated rings. The largest absolute Gasteiger partial charge is 1.00 e. The molecule has 5 heavy (non-hydrogen) atoms. The fraction of sp³-hybridized carbons (Fsp3) is 0. The van der Waals surface area contributed by atoms with Gasteiger partial charge in [-0.15, -0.1) is 0 Å². The van der Waals surface area contributed by atoms with Gasteiger partial charge in [-0.3, -0.25) is 11.7 Å². The number of hydrogen-bond acceptors (Lipinski definition) is 2. The van der Waals surface area contributed by atoms with E-state index in [9.17, 15) is 0 Å². The van der Waals surface area contributed by atoms with Gasteiger partial charge in [-0.2, -0.15) is 0 Å². The SMILES string of the molecule is NN.O.[BH4-].[Na+]. The minimum absolute atomic E-state index is 0. The van der Waals surface area contributed by atoms with Gasteiger partial charge in [0.1, 0.15) is 0 Å². The van der Waals surface area contributed by atoms with Crippen LogP contribution in [0.3, 0.4) is 0 Å². The van der Waals surface area contributed by atoms with Crippen molar-refractivity contribution in [2.45, 2.75) is 0 Å². The molecule has 6 N–H and O–H groups in total. The average molecular weight is 87.9 g/mol. The average Bonchev–Trinajstić information content (AvgIpc) is 1.00. The van der Waals surface area contributed by atoms with Gasteiger partial charge in [0, 0.05) is 0 Å². The van der Waals surface area contributed by atoms with Crippen LogP contribution in [0.2, 0.25) is 0 Å². The Kier molecular flexibility index (Phi) is 662. The van der Waals surface area contributed by atoms with E-state index < -0.39 is 0 Å². The normalized spacial score (nSPS) is 1.20. The summed E-state index contributed by atoms with van der Waals surface area (Å²) in [5, 5.41) is 0. The summed E-state index contributed by atoms with van der Waals surface area (Å²) in [6.07, 6.45) is 0. The second-order valence-electron chi connectivity index (χ2n) is 0. The summed E-state index contributed by atoms with van der Waals surface area (Å²) >= 11 is 0. The molecule has 0 aromatic rings. The molecule has 0 radical (unpaired) electrons. The second kappa shape index (κ2) is 86.2. The molecular weight excluding hydrogens is 77.8 g/mol. The van der Waals surface area contributed by atoms with Gasteiger partial charge in [0.15, 0.2) is 0 Å². The maximum Gasteiger partial charge on any atom is 1.00 e. The smallest absolute Gasteiger partial charge is 0.412 e. The summed E-state index contributed by atoms with van der Waals surface area (Å²) < 4.78 is 0. The molecule has 0 rings (SSSR count). The first-order valence-electron chi connectivity index (χ1n) is 0.333. The van der Waals surface area contributed by atoms with E-state index >= 15 is 0 Å². The molecule has 5 heteroatoms. The van der Waals surface area contributed by atoms with Crippen LogP contribution in [0.1, 0.15) is 0 Å². The first kappa shape index (κ1) is 38.4. The maximum absolute atomic E-state index is 4.00. The van der Waals surface area contributed by atoms with E-state index in [1.54, 1.807) is 0 Å². The molecule has 0 aromatic heterocycles. The van der Waals surface area contributed by atoms with E-state index in [2.05, 4.69) is 11.7 Å². The van der Waals surface area contributed by atoms with E-state index in [-0.39, 0.29) is 43.4 Å². The zero-order valence-corrected chi connectivity index (χ0v) is 4.65. The van der Waals surface area contributed by atoms with Gasteiger partial charge in [0.05, 0.1) is 0 Å². The molecule has 0 aliphatic heterocycles. The Morgan fingerprint density at radius 3 is 1.00 bits per heavy atom. The minimum Gasteiger partial charge on any atom is -0.412 e. The van der Waals surface area contributed by atoms with Crippen LogP contribution in [0, 0.1) is 0 Å². The molecular formula is H10BN2NaO. The zero-order chi connectivity index (χ0) is 2.00. The van der Waals surface area contributed by atoms with Crippen LogP contribution in [0.15, 0.2) is 0 Å². The second-order valence-corrected chi connectivity index (χ2v) is 0. The third-order valence-electron chi connectivity index (χ3n) is 0. The first-order valence-corrected chi connectivity index (χ1v) is 0.333. The van der Waals surface area contributed by atoms with Crippen molar-refractivity contribution in [2.75, 3.05) is 0 Å². The van der Waals surface area contributed by atoms with Crippen molar-refractivity contribution in [3.05, 3.63) is 0 Å². The van der Waals surface area contributed by atoms with E-state index in [1.807, 2.05) is 0 Å². The molecule has 0 aliphatic carbocycles. The van der Waals surface area contributed by atoms with Crippen molar-refractivity contribution in [2.24, 2.45) is 11.7 Å². The Labute approximate surface area is 55.2 Å². The fourth-order valence-corrected chi connectivity index (χ4v) is 0. The standard InChI is InChI=1S/BH4.H4N2.Na.H2O/c;1-2;;/h1H4;1-2H2;;1H2/q-1;;+1;. The quantitative estimate of drug-likeness (QED) is 0.175. The third kappa shape index (κ3) is 48.0. The predicted molar refractivity (Wildman–Crippen MR) is 23.3 cm³/mol. The summed E-state index contributed by atoms with van der Waals surface area (Å²) in [7, 11) is 0. The Hall–Kier alpha value is 0.945. The van der Waals surface area contributed by atoms with Crippen LogP contribution >= 0.6 is 0 Å². The molecule has 0 aromatic carbocycles. The van der Waals surface area contributed by atoms with Crippen molar-refractivity contribution in [3.8, 4) is 0 Å². The van der Waals surface area contributed by atoms with E-state index in [1.165, 1.54) is 0 Å². The molecule has 30 valence electrons. The summed E-state index contributed by atoms with van der Waals surface area (Å²) in [6, 6.07) is 0. The Morgan fingerprint density at radius 2 is 1.00 bits per heavy atom. The number of hydrogen-bond donors (Lipinski definition) is 2. The van der Waals surface area contributed by atoms with E-state index in [0.717, 1.165) is 0 Å². The van der Waals surface area contributed by atoms with Gasteiger partial charge in [0.25, 0.3) is 0 Å². The molecule has 0 unspecified atom stereocenters. The van der Waals surface area contributed by atoms with Gasteiger partial charge in [-0.25, -0.2) is 0 Å². The van der Waals surface area contributed by atoms with Crippen molar-refractivity contribution < 1.29 is 35.0 Å². The van der Waals surface area contributed by atoms with Crippen molar-refractivity contribution in [1.82, 2.24) is 0 Å². The van der Waals surface area contributed by atoms with Gasteiger partial charge in [-0.05, 0) is 0 Å². The van der Waals surface area contributed by atoms with Crippen LogP contribution in [0.4, 0.5) is 0 Å². The number of rotatable bonds is 0. The molecule has 0 atom stereocenters. The van der Waals surface area contributed by atoms with Crippen LogP contribution in [0.25, 0.3) is 0 Å². The Bertz CT molecular complexity index is 9.61. The Balaban J connectivity index is -0.00000000167. The van der Waals surface area contributed by atoms with E-state index in [4.69, 9.17) is 0 Å². The summed E-state index contributed by atoms with van der Waals surface area (Å²) in [4.78, 5) is 0. The predicted octanol–water partition coefficient (Wildman–Crippen LogP) is -6.45. The van der Waals surface area contributed by atoms with Gasteiger partial charge < -0.3 is 5.48 Å². The third-order valence-corrected chi connectivity index (χ3v) is 0. The van der Waals surface area contributed by atoms with Crippen LogP contribution in [-0.2, 0) is 0 Å². The molecule has 0 heterocycles. The Morgan fingerprint density at radius 1 is 1.00 bits per heavy atom. The van der Waals surface area contributed by atoms with Gasteiger partial charge in [-0.1, -0.05) is 8.41 Å². The number of hydrazine groups is 1. The van der Waals surface area contributed by atoms with Crippen LogP contribution in [0.5, 0.6) is 0 Å². The topological polar surface area (TPSA) is 83.5 Å². The number of nitrogens with two attached hydrogens (primary N) is 2. The molecule has 0 amide bonds. The molecule has 0 aliphatic rings. The summed E-state index contributed by atoms with van der Waals surface area (Å²) in [6.45, 7) is 0. The summed E-state index contributed by atoms with van der Waals surface area (Å²) in [5.41, 5.74) is 0. The van der Waals surface area contributed by atoms with Crippen molar-refractivity contribution in [3.63, 3.8) is 0 Å². The van der Waals surface area contributed by atoms with Crippen LogP contribution in [-0.4, -0.2) is 13.9 Å². The van der Waals surface area contributed by atoms with Gasteiger partial charge in [0.2, 0.25) is 0 Å². The zero-order valence-electron chi connectivity index (χ0n) is 2.65. The monoisotopic (exact) mass is 88.1 g/mol. The first-order chi connectivity index (χ1) is 1.00. The minimum atomic E-state index is 0. The maximum atomic E-state index is 4.00. The molecule has 0 saturated carbocycles. The van der Waals surface area contributed by atoms with Gasteiger partial charge >= 0.3 is 29.6 Å². The van der Waals surface area contributed by atoms with Crippen LogP contribution < -0.4 is 41.2 Å². The van der Waals surface area contributed by atoms with E-state index in [0.29, 0.717) is 0 Å². The molecule has 0 saturated heterocycles. The molecule has 0 spiro atoms.